The normalized spacial score (nSPS) is 10.8. The van der Waals surface area contributed by atoms with Crippen LogP contribution in [-0.2, 0) is 11.3 Å². The van der Waals surface area contributed by atoms with Crippen LogP contribution in [0.4, 0.5) is 0 Å². The van der Waals surface area contributed by atoms with Gasteiger partial charge in [-0.05, 0) is 30.8 Å². The molecule has 0 unspecified atom stereocenters. The molecule has 100 valence electrons. The lowest BCUT2D eigenvalue weighted by molar-refractivity contribution is -0.137. The number of carboxylic acids is 1. The van der Waals surface area contributed by atoms with E-state index in [1.54, 1.807) is 10.9 Å². The van der Waals surface area contributed by atoms with E-state index in [1.165, 1.54) is 0 Å². The maximum atomic E-state index is 10.5. The van der Waals surface area contributed by atoms with Gasteiger partial charge in [0.2, 0.25) is 0 Å². The van der Waals surface area contributed by atoms with Crippen molar-refractivity contribution in [1.82, 2.24) is 14.7 Å². The summed E-state index contributed by atoms with van der Waals surface area (Å²) in [5.41, 5.74) is 2.17. The van der Waals surface area contributed by atoms with Crippen molar-refractivity contribution < 1.29 is 9.90 Å². The van der Waals surface area contributed by atoms with Crippen LogP contribution >= 0.6 is 0 Å². The zero-order valence-corrected chi connectivity index (χ0v) is 10.9. The van der Waals surface area contributed by atoms with Gasteiger partial charge in [0.15, 0.2) is 0 Å². The van der Waals surface area contributed by atoms with Crippen LogP contribution in [0, 0.1) is 0 Å². The van der Waals surface area contributed by atoms with Crippen LogP contribution in [0.25, 0.3) is 5.69 Å². The topological polar surface area (TPSA) is 58.4 Å². The third kappa shape index (κ3) is 3.93. The van der Waals surface area contributed by atoms with Crippen molar-refractivity contribution in [2.24, 2.45) is 0 Å². The Balaban J connectivity index is 1.93. The summed E-state index contributed by atoms with van der Waals surface area (Å²) >= 11 is 0. The highest BCUT2D eigenvalue weighted by Gasteiger charge is 2.04. The molecule has 1 aromatic heterocycles. The summed E-state index contributed by atoms with van der Waals surface area (Å²) in [6, 6.07) is 9.97. The smallest absolute Gasteiger partial charge is 0.304 e. The van der Waals surface area contributed by atoms with Gasteiger partial charge in [-0.1, -0.05) is 12.1 Å². The van der Waals surface area contributed by atoms with Gasteiger partial charge in [-0.3, -0.25) is 4.79 Å². The summed E-state index contributed by atoms with van der Waals surface area (Å²) < 4.78 is 1.80. The van der Waals surface area contributed by atoms with Crippen molar-refractivity contribution >= 4 is 5.97 Å². The molecule has 1 heterocycles. The molecule has 2 aromatic rings. The average Bonchev–Trinajstić information content (AvgIpc) is 2.91. The Labute approximate surface area is 112 Å². The second-order valence-corrected chi connectivity index (χ2v) is 4.50. The first-order valence-corrected chi connectivity index (χ1v) is 6.14. The molecule has 0 saturated carbocycles. The van der Waals surface area contributed by atoms with E-state index in [0.717, 1.165) is 17.8 Å². The van der Waals surface area contributed by atoms with Gasteiger partial charge in [-0.25, -0.2) is 4.68 Å². The van der Waals surface area contributed by atoms with Gasteiger partial charge < -0.3 is 10.0 Å². The fourth-order valence-corrected chi connectivity index (χ4v) is 1.85. The SMILES string of the molecule is CN(CCC(=O)O)Cc1ccc(-n2cccn2)cc1. The van der Waals surface area contributed by atoms with E-state index in [0.29, 0.717) is 6.54 Å². The Morgan fingerprint density at radius 3 is 2.68 bits per heavy atom. The van der Waals surface area contributed by atoms with Crippen molar-refractivity contribution in [1.29, 1.82) is 0 Å². The third-order valence-corrected chi connectivity index (χ3v) is 2.87. The van der Waals surface area contributed by atoms with E-state index < -0.39 is 5.97 Å². The zero-order valence-electron chi connectivity index (χ0n) is 10.9. The van der Waals surface area contributed by atoms with E-state index in [9.17, 15) is 4.79 Å². The first-order valence-electron chi connectivity index (χ1n) is 6.14. The van der Waals surface area contributed by atoms with Gasteiger partial charge in [0, 0.05) is 25.5 Å². The second kappa shape index (κ2) is 6.15. The number of aliphatic carboxylic acids is 1. The molecule has 0 bridgehead atoms. The van der Waals surface area contributed by atoms with Crippen LogP contribution in [0.1, 0.15) is 12.0 Å². The summed E-state index contributed by atoms with van der Waals surface area (Å²) in [4.78, 5) is 12.5. The van der Waals surface area contributed by atoms with Gasteiger partial charge in [0.05, 0.1) is 12.1 Å². The summed E-state index contributed by atoms with van der Waals surface area (Å²) in [6.07, 6.45) is 3.81. The number of nitrogens with zero attached hydrogens (tertiary/aromatic N) is 3. The minimum Gasteiger partial charge on any atom is -0.481 e. The molecule has 0 spiro atoms. The molecular weight excluding hydrogens is 242 g/mol. The molecule has 1 N–H and O–H groups in total. The molecule has 19 heavy (non-hydrogen) atoms. The van der Waals surface area contributed by atoms with Crippen LogP contribution < -0.4 is 0 Å². The van der Waals surface area contributed by atoms with Crippen LogP contribution in [-0.4, -0.2) is 39.3 Å². The molecule has 5 heteroatoms. The van der Waals surface area contributed by atoms with Gasteiger partial charge >= 0.3 is 5.97 Å². The van der Waals surface area contributed by atoms with Crippen molar-refractivity contribution in [3.8, 4) is 5.69 Å². The van der Waals surface area contributed by atoms with Gasteiger partial charge in [-0.15, -0.1) is 0 Å². The van der Waals surface area contributed by atoms with Crippen LogP contribution in [0.15, 0.2) is 42.7 Å². The predicted octanol–water partition coefficient (Wildman–Crippen LogP) is 1.78. The molecule has 0 radical (unpaired) electrons. The number of benzene rings is 1. The summed E-state index contributed by atoms with van der Waals surface area (Å²) in [5.74, 6) is -0.763. The highest BCUT2D eigenvalue weighted by molar-refractivity contribution is 5.66. The van der Waals surface area contributed by atoms with Gasteiger partial charge in [0.1, 0.15) is 0 Å². The molecular formula is C14H17N3O2. The number of rotatable bonds is 6. The summed E-state index contributed by atoms with van der Waals surface area (Å²) in [5, 5.41) is 12.8. The Morgan fingerprint density at radius 1 is 1.37 bits per heavy atom. The monoisotopic (exact) mass is 259 g/mol. The number of aromatic nitrogens is 2. The number of carboxylic acid groups (broad SMARTS) is 1. The largest absolute Gasteiger partial charge is 0.481 e. The highest BCUT2D eigenvalue weighted by Crippen LogP contribution is 2.10. The van der Waals surface area contributed by atoms with E-state index in [1.807, 2.05) is 48.5 Å². The standard InChI is InChI=1S/C14H17N3O2/c1-16(10-7-14(18)19)11-12-3-5-13(6-4-12)17-9-2-8-15-17/h2-6,8-9H,7,10-11H2,1H3,(H,18,19). The fourth-order valence-electron chi connectivity index (χ4n) is 1.85. The predicted molar refractivity (Wildman–Crippen MR) is 72.2 cm³/mol. The quantitative estimate of drug-likeness (QED) is 0.859. The Bertz CT molecular complexity index is 520. The Kier molecular flexibility index (Phi) is 4.30. The van der Waals surface area contributed by atoms with E-state index in [4.69, 9.17) is 5.11 Å². The minimum atomic E-state index is -0.763. The minimum absolute atomic E-state index is 0.169. The lowest BCUT2D eigenvalue weighted by Gasteiger charge is -2.15. The number of carbonyl (C=O) groups is 1. The molecule has 0 amide bonds. The molecule has 0 saturated heterocycles. The third-order valence-electron chi connectivity index (χ3n) is 2.87. The Hall–Kier alpha value is -2.14. The van der Waals surface area contributed by atoms with Crippen LogP contribution in [0.3, 0.4) is 0 Å². The summed E-state index contributed by atoms with van der Waals surface area (Å²) in [6.45, 7) is 1.29. The fraction of sp³-hybridized carbons (Fsp3) is 0.286. The van der Waals surface area contributed by atoms with E-state index in [2.05, 4.69) is 5.10 Å². The maximum Gasteiger partial charge on any atom is 0.304 e. The average molecular weight is 259 g/mol. The molecule has 0 aliphatic carbocycles. The molecule has 5 nitrogen and oxygen atoms in total. The van der Waals surface area contributed by atoms with Crippen LogP contribution in [0.5, 0.6) is 0 Å². The molecule has 1 aromatic carbocycles. The lowest BCUT2D eigenvalue weighted by Crippen LogP contribution is -2.21. The lowest BCUT2D eigenvalue weighted by atomic mass is 10.2. The zero-order chi connectivity index (χ0) is 13.7. The van der Waals surface area contributed by atoms with Crippen molar-refractivity contribution in [2.45, 2.75) is 13.0 Å². The summed E-state index contributed by atoms with van der Waals surface area (Å²) in [7, 11) is 1.92. The molecule has 2 rings (SSSR count). The van der Waals surface area contributed by atoms with Crippen LogP contribution in [0.2, 0.25) is 0 Å². The first-order chi connectivity index (χ1) is 9.15. The molecule has 0 fully saturated rings. The first kappa shape index (κ1) is 13.3. The number of hydrogen-bond acceptors (Lipinski definition) is 3. The van der Waals surface area contributed by atoms with Gasteiger partial charge in [0.25, 0.3) is 0 Å². The van der Waals surface area contributed by atoms with Crippen molar-refractivity contribution in [3.63, 3.8) is 0 Å². The van der Waals surface area contributed by atoms with E-state index >= 15 is 0 Å². The Morgan fingerprint density at radius 2 is 2.11 bits per heavy atom. The molecule has 0 atom stereocenters. The van der Waals surface area contributed by atoms with Crippen molar-refractivity contribution in [3.05, 3.63) is 48.3 Å². The van der Waals surface area contributed by atoms with Crippen molar-refractivity contribution in [2.75, 3.05) is 13.6 Å². The number of hydrogen-bond donors (Lipinski definition) is 1. The maximum absolute atomic E-state index is 10.5. The molecule has 0 aliphatic heterocycles. The van der Waals surface area contributed by atoms with Gasteiger partial charge in [-0.2, -0.15) is 5.10 Å². The van der Waals surface area contributed by atoms with E-state index in [-0.39, 0.29) is 6.42 Å². The molecule has 0 aliphatic rings. The highest BCUT2D eigenvalue weighted by atomic mass is 16.4. The second-order valence-electron chi connectivity index (χ2n) is 4.50.